The number of ether oxygens (including phenoxy) is 2. The van der Waals surface area contributed by atoms with E-state index in [0.717, 1.165) is 40.9 Å². The predicted molar refractivity (Wildman–Crippen MR) is 198 cm³/mol. The standard InChI is InChI=1S/C44H43F3N2O4/c1-3-24-48-25-23-42-39-32-18-19-36(52-2)40(39)53-41(42)35(21-22-43(42,51)37(48)27-32)49(38(50)20-17-29-11-10-16-33(26-29)44(45,46)47)28-34(30-12-6-4-7-13-30)31-14-8-5-9-15-31/h3-20,26,34-35,37,41,51H,1,21-25,27-28H2,2H3/t35-,37-,41+,42+,43-/m1/s1. The van der Waals surface area contributed by atoms with E-state index in [-0.39, 0.29) is 30.0 Å². The summed E-state index contributed by atoms with van der Waals surface area (Å²) in [5, 5.41) is 13.1. The van der Waals surface area contributed by atoms with Crippen LogP contribution < -0.4 is 9.47 Å². The molecule has 4 aromatic carbocycles. The Morgan fingerprint density at radius 1 is 1.04 bits per heavy atom. The van der Waals surface area contributed by atoms with Crippen molar-refractivity contribution < 1.29 is 32.5 Å². The van der Waals surface area contributed by atoms with E-state index >= 15 is 0 Å². The van der Waals surface area contributed by atoms with Gasteiger partial charge in [0.05, 0.1) is 29.7 Å². The van der Waals surface area contributed by atoms with Crippen molar-refractivity contribution in [3.05, 3.63) is 149 Å². The molecule has 1 spiro atoms. The van der Waals surface area contributed by atoms with Gasteiger partial charge in [0.1, 0.15) is 6.10 Å². The number of piperidine rings is 1. The zero-order valence-electron chi connectivity index (χ0n) is 29.6. The van der Waals surface area contributed by atoms with Crippen LogP contribution in [0.3, 0.4) is 0 Å². The molecule has 1 saturated carbocycles. The molecule has 1 saturated heterocycles. The second-order valence-electron chi connectivity index (χ2n) is 14.7. The van der Waals surface area contributed by atoms with Gasteiger partial charge in [-0.3, -0.25) is 9.69 Å². The van der Waals surface area contributed by atoms with Crippen LogP contribution in [0, 0.1) is 0 Å². The average molecular weight is 721 g/mol. The third-order valence-electron chi connectivity index (χ3n) is 12.2. The van der Waals surface area contributed by atoms with Gasteiger partial charge in [-0.15, -0.1) is 6.58 Å². The topological polar surface area (TPSA) is 62.2 Å². The molecule has 1 amide bonds. The molecule has 6 nitrogen and oxygen atoms in total. The van der Waals surface area contributed by atoms with Gasteiger partial charge in [-0.2, -0.15) is 13.2 Å². The van der Waals surface area contributed by atoms with Gasteiger partial charge < -0.3 is 19.5 Å². The first-order valence-electron chi connectivity index (χ1n) is 18.3. The van der Waals surface area contributed by atoms with Gasteiger partial charge in [-0.25, -0.2) is 0 Å². The van der Waals surface area contributed by atoms with Gasteiger partial charge in [0, 0.05) is 36.7 Å². The molecule has 2 aliphatic heterocycles. The zero-order chi connectivity index (χ0) is 37.0. The molecule has 4 aromatic rings. The van der Waals surface area contributed by atoms with Crippen LogP contribution in [0.5, 0.6) is 11.5 Å². The van der Waals surface area contributed by atoms with Crippen molar-refractivity contribution in [1.29, 1.82) is 0 Å². The minimum absolute atomic E-state index is 0.167. The summed E-state index contributed by atoms with van der Waals surface area (Å²) in [7, 11) is 1.61. The SMILES string of the molecule is C=CCN1CC[C@]23c4c5ccc(OC)c4O[C@H]2[C@H](N(CC(c2ccccc2)c2ccccc2)C(=O)C=Cc2cccc(C(F)(F)F)c2)CC[C@@]3(O)[C@H]1C5. The highest BCUT2D eigenvalue weighted by molar-refractivity contribution is 5.92. The minimum atomic E-state index is -4.51. The predicted octanol–water partition coefficient (Wildman–Crippen LogP) is 7.80. The lowest BCUT2D eigenvalue weighted by Gasteiger charge is -2.64. The van der Waals surface area contributed by atoms with E-state index in [1.54, 1.807) is 13.2 Å². The van der Waals surface area contributed by atoms with Crippen LogP contribution in [0.2, 0.25) is 0 Å². The third-order valence-corrected chi connectivity index (χ3v) is 12.2. The maximum Gasteiger partial charge on any atom is 0.416 e. The molecular formula is C44H43F3N2O4. The van der Waals surface area contributed by atoms with Crippen LogP contribution >= 0.6 is 0 Å². The summed E-state index contributed by atoms with van der Waals surface area (Å²) in [4.78, 5) is 19.0. The van der Waals surface area contributed by atoms with Gasteiger partial charge in [0.25, 0.3) is 0 Å². The van der Waals surface area contributed by atoms with E-state index in [1.165, 1.54) is 18.2 Å². The first kappa shape index (κ1) is 35.2. The molecule has 2 fully saturated rings. The lowest BCUT2D eigenvalue weighted by molar-refractivity contribution is -0.199. The molecule has 274 valence electrons. The minimum Gasteiger partial charge on any atom is -0.493 e. The van der Waals surface area contributed by atoms with E-state index < -0.39 is 34.9 Å². The Bertz CT molecular complexity index is 2000. The number of nitrogens with zero attached hydrogens (tertiary/aromatic N) is 2. The molecule has 4 aliphatic rings. The quantitative estimate of drug-likeness (QED) is 0.134. The highest BCUT2D eigenvalue weighted by Gasteiger charge is 2.73. The normalized spacial score (nSPS) is 25.9. The van der Waals surface area contributed by atoms with Gasteiger partial charge >= 0.3 is 6.18 Å². The number of hydrogen-bond donors (Lipinski definition) is 1. The number of methoxy groups -OCH3 is 1. The smallest absolute Gasteiger partial charge is 0.416 e. The second-order valence-corrected chi connectivity index (χ2v) is 14.7. The van der Waals surface area contributed by atoms with E-state index in [9.17, 15) is 23.1 Å². The Labute approximate surface area is 308 Å². The highest BCUT2D eigenvalue weighted by Crippen LogP contribution is 2.66. The first-order valence-corrected chi connectivity index (χ1v) is 18.3. The summed E-state index contributed by atoms with van der Waals surface area (Å²) in [6, 6.07) is 28.4. The van der Waals surface area contributed by atoms with Crippen LogP contribution in [0.25, 0.3) is 6.08 Å². The second kappa shape index (κ2) is 13.5. The van der Waals surface area contributed by atoms with Gasteiger partial charge in [-0.1, -0.05) is 84.9 Å². The maximum absolute atomic E-state index is 14.8. The van der Waals surface area contributed by atoms with Crippen LogP contribution in [0.15, 0.2) is 116 Å². The Kier molecular flexibility index (Phi) is 8.98. The molecule has 0 radical (unpaired) electrons. The van der Waals surface area contributed by atoms with Crippen molar-refractivity contribution in [2.24, 2.45) is 0 Å². The van der Waals surface area contributed by atoms with Crippen LogP contribution in [0.1, 0.15) is 58.6 Å². The molecule has 53 heavy (non-hydrogen) atoms. The lowest BCUT2D eigenvalue weighted by Crippen LogP contribution is -2.78. The molecule has 0 aromatic heterocycles. The average Bonchev–Trinajstić information content (AvgIpc) is 3.52. The highest BCUT2D eigenvalue weighted by atomic mass is 19.4. The van der Waals surface area contributed by atoms with E-state index in [1.807, 2.05) is 53.4 Å². The summed E-state index contributed by atoms with van der Waals surface area (Å²) >= 11 is 0. The fraction of sp³-hybridized carbons (Fsp3) is 0.341. The molecule has 2 heterocycles. The molecule has 5 atom stereocenters. The summed E-state index contributed by atoms with van der Waals surface area (Å²) in [5.74, 6) is 0.665. The van der Waals surface area contributed by atoms with E-state index in [4.69, 9.17) is 9.47 Å². The van der Waals surface area contributed by atoms with Crippen molar-refractivity contribution in [1.82, 2.24) is 9.80 Å². The van der Waals surface area contributed by atoms with Crippen molar-refractivity contribution in [2.75, 3.05) is 26.7 Å². The monoisotopic (exact) mass is 720 g/mol. The molecule has 0 unspecified atom stereocenters. The maximum atomic E-state index is 14.8. The third kappa shape index (κ3) is 5.76. The number of alkyl halides is 3. The number of hydrogen-bond acceptors (Lipinski definition) is 5. The van der Waals surface area contributed by atoms with Gasteiger partial charge in [0.2, 0.25) is 5.91 Å². The largest absolute Gasteiger partial charge is 0.493 e. The molecule has 9 heteroatoms. The van der Waals surface area contributed by atoms with Crippen molar-refractivity contribution >= 4 is 12.0 Å². The molecule has 8 rings (SSSR count). The molecular weight excluding hydrogens is 677 g/mol. The van der Waals surface area contributed by atoms with E-state index in [0.29, 0.717) is 43.7 Å². The lowest BCUT2D eigenvalue weighted by atomic mass is 9.48. The molecule has 1 N–H and O–H groups in total. The number of carbonyl (C=O) groups is 1. The number of likely N-dealkylation sites (tertiary alicyclic amines) is 1. The summed E-state index contributed by atoms with van der Waals surface area (Å²) < 4.78 is 53.7. The fourth-order valence-electron chi connectivity index (χ4n) is 9.90. The Hall–Kier alpha value is -4.86. The zero-order valence-corrected chi connectivity index (χ0v) is 29.6. The number of carbonyl (C=O) groups excluding carboxylic acids is 1. The number of halogens is 3. The number of benzene rings is 4. The van der Waals surface area contributed by atoms with Crippen LogP contribution in [-0.4, -0.2) is 71.3 Å². The first-order chi connectivity index (χ1) is 25.6. The van der Waals surface area contributed by atoms with Gasteiger partial charge in [0.15, 0.2) is 11.5 Å². The van der Waals surface area contributed by atoms with Crippen molar-refractivity contribution in [3.63, 3.8) is 0 Å². The van der Waals surface area contributed by atoms with Crippen LogP contribution in [0.4, 0.5) is 13.2 Å². The van der Waals surface area contributed by atoms with E-state index in [2.05, 4.69) is 41.8 Å². The van der Waals surface area contributed by atoms with Crippen molar-refractivity contribution in [3.8, 4) is 11.5 Å². The Morgan fingerprint density at radius 3 is 2.42 bits per heavy atom. The molecule has 2 aliphatic carbocycles. The summed E-state index contributed by atoms with van der Waals surface area (Å²) in [6.07, 6.45) is 1.79. The fourth-order valence-corrected chi connectivity index (χ4v) is 9.90. The Morgan fingerprint density at radius 2 is 1.75 bits per heavy atom. The summed E-state index contributed by atoms with van der Waals surface area (Å²) in [5.41, 5.74) is 1.70. The molecule has 2 bridgehead atoms. The number of rotatable bonds is 10. The number of aliphatic hydroxyl groups is 1. The Balaban J connectivity index is 1.25. The number of amides is 1. The summed E-state index contributed by atoms with van der Waals surface area (Å²) in [6.45, 7) is 5.65. The van der Waals surface area contributed by atoms with Gasteiger partial charge in [-0.05, 0) is 78.8 Å². The van der Waals surface area contributed by atoms with Crippen LogP contribution in [-0.2, 0) is 22.8 Å². The van der Waals surface area contributed by atoms with Crippen molar-refractivity contribution in [2.45, 2.75) is 67.0 Å².